The zero-order chi connectivity index (χ0) is 18.4. The van der Waals surface area contributed by atoms with Crippen LogP contribution in [0.4, 0.5) is 4.79 Å². The molecule has 1 N–H and O–H groups in total. The highest BCUT2D eigenvalue weighted by Gasteiger charge is 2.37. The number of amides is 1. The number of aliphatic hydroxyl groups is 1. The first-order valence-electron chi connectivity index (χ1n) is 8.96. The Kier molecular flexibility index (Phi) is 7.46. The lowest BCUT2D eigenvalue weighted by atomic mass is 9.99. The third kappa shape index (κ3) is 7.47. The van der Waals surface area contributed by atoms with Gasteiger partial charge in [-0.3, -0.25) is 4.90 Å². The molecule has 138 valence electrons. The van der Waals surface area contributed by atoms with Gasteiger partial charge in [-0.2, -0.15) is 0 Å². The van der Waals surface area contributed by atoms with E-state index in [9.17, 15) is 9.90 Å². The van der Waals surface area contributed by atoms with Crippen LogP contribution < -0.4 is 0 Å². The fraction of sp³-hybridized carbons (Fsp3) is 0.789. The Bertz CT molecular complexity index is 473. The predicted molar refractivity (Wildman–Crippen MR) is 98.1 cm³/mol. The monoisotopic (exact) mass is 338 g/mol. The molecule has 0 saturated heterocycles. The van der Waals surface area contributed by atoms with Crippen molar-refractivity contribution < 1.29 is 14.6 Å². The Morgan fingerprint density at radius 1 is 1.46 bits per heavy atom. The minimum absolute atomic E-state index is 0.0455. The van der Waals surface area contributed by atoms with Crippen LogP contribution in [0.5, 0.6) is 0 Å². The number of hydrogen-bond donors (Lipinski definition) is 1. The lowest BCUT2D eigenvalue weighted by Gasteiger charge is -2.23. The molecule has 1 aliphatic carbocycles. The first-order chi connectivity index (χ1) is 11.1. The van der Waals surface area contributed by atoms with Gasteiger partial charge in [-0.1, -0.05) is 13.8 Å². The third-order valence-electron chi connectivity index (χ3n) is 4.59. The van der Waals surface area contributed by atoms with Gasteiger partial charge in [0.05, 0.1) is 5.60 Å². The molecular weight excluding hydrogens is 304 g/mol. The van der Waals surface area contributed by atoms with Gasteiger partial charge in [0.15, 0.2) is 0 Å². The highest BCUT2D eigenvalue weighted by atomic mass is 16.6. The van der Waals surface area contributed by atoms with Crippen molar-refractivity contribution in [3.63, 3.8) is 0 Å². The molecule has 1 rings (SSSR count). The molecule has 0 radical (unpaired) electrons. The van der Waals surface area contributed by atoms with Crippen LogP contribution in [0.2, 0.25) is 0 Å². The molecule has 1 atom stereocenters. The summed E-state index contributed by atoms with van der Waals surface area (Å²) in [6.07, 6.45) is 8.81. The van der Waals surface area contributed by atoms with Gasteiger partial charge in [0.2, 0.25) is 0 Å². The molecule has 0 aliphatic heterocycles. The summed E-state index contributed by atoms with van der Waals surface area (Å²) in [5.41, 5.74) is -0.338. The van der Waals surface area contributed by atoms with Crippen LogP contribution in [0.3, 0.4) is 0 Å². The Balaban J connectivity index is 2.53. The highest BCUT2D eigenvalue weighted by Crippen LogP contribution is 2.49. The van der Waals surface area contributed by atoms with Crippen molar-refractivity contribution in [2.45, 2.75) is 84.8 Å². The van der Waals surface area contributed by atoms with Gasteiger partial charge in [-0.15, -0.1) is 0 Å². The zero-order valence-corrected chi connectivity index (χ0v) is 16.1. The summed E-state index contributed by atoms with van der Waals surface area (Å²) in [6.45, 7) is 9.61. The van der Waals surface area contributed by atoms with E-state index in [2.05, 4.69) is 11.9 Å². The van der Waals surface area contributed by atoms with Gasteiger partial charge < -0.3 is 9.84 Å². The standard InChI is InChI=1S/C19H34N2O3/c1-7-15(9-10-19(5)11-12-19)24-17(22)21(6)16(8-2)20-14-13-18(3,4)23/h8,14-15,23H,7,9-13H2,1-6H3/b16-8+,20-14-. The summed E-state index contributed by atoms with van der Waals surface area (Å²) in [6, 6.07) is 0. The highest BCUT2D eigenvalue weighted by molar-refractivity contribution is 5.70. The van der Waals surface area contributed by atoms with Gasteiger partial charge >= 0.3 is 6.09 Å². The number of carbonyl (C=O) groups excluding carboxylic acids is 1. The molecule has 0 heterocycles. The average molecular weight is 338 g/mol. The van der Waals surface area contributed by atoms with Crippen molar-refractivity contribution >= 4 is 12.3 Å². The van der Waals surface area contributed by atoms with Crippen molar-refractivity contribution in [3.05, 3.63) is 11.9 Å². The van der Waals surface area contributed by atoms with E-state index in [1.54, 1.807) is 33.2 Å². The molecule has 5 nitrogen and oxygen atoms in total. The predicted octanol–water partition coefficient (Wildman–Crippen LogP) is 4.51. The maximum Gasteiger partial charge on any atom is 0.415 e. The number of ether oxygens (including phenoxy) is 1. The second-order valence-corrected chi connectivity index (χ2v) is 7.80. The van der Waals surface area contributed by atoms with E-state index < -0.39 is 5.60 Å². The minimum atomic E-state index is -0.812. The van der Waals surface area contributed by atoms with Gasteiger partial charge in [0.1, 0.15) is 11.9 Å². The summed E-state index contributed by atoms with van der Waals surface area (Å²) in [4.78, 5) is 18.0. The van der Waals surface area contributed by atoms with Crippen LogP contribution in [0.25, 0.3) is 0 Å². The van der Waals surface area contributed by atoms with Crippen LogP contribution in [0.15, 0.2) is 16.9 Å². The Morgan fingerprint density at radius 3 is 2.54 bits per heavy atom. The van der Waals surface area contributed by atoms with Gasteiger partial charge in [0, 0.05) is 19.7 Å². The molecule has 1 saturated carbocycles. The summed E-state index contributed by atoms with van der Waals surface area (Å²) in [7, 11) is 1.66. The fourth-order valence-electron chi connectivity index (χ4n) is 2.35. The van der Waals surface area contributed by atoms with Crippen LogP contribution in [0, 0.1) is 5.41 Å². The molecule has 24 heavy (non-hydrogen) atoms. The second-order valence-electron chi connectivity index (χ2n) is 7.80. The number of aliphatic imine (C=N–C) groups is 1. The van der Waals surface area contributed by atoms with E-state index >= 15 is 0 Å². The largest absolute Gasteiger partial charge is 0.446 e. The normalized spacial score (nSPS) is 18.5. The van der Waals surface area contributed by atoms with Crippen molar-refractivity contribution in [1.82, 2.24) is 4.90 Å². The van der Waals surface area contributed by atoms with Crippen LogP contribution in [-0.2, 0) is 4.74 Å². The molecule has 1 amide bonds. The summed E-state index contributed by atoms with van der Waals surface area (Å²) in [5.74, 6) is 0.522. The Morgan fingerprint density at radius 2 is 2.08 bits per heavy atom. The molecular formula is C19H34N2O3. The zero-order valence-electron chi connectivity index (χ0n) is 16.1. The molecule has 0 aromatic rings. The summed E-state index contributed by atoms with van der Waals surface area (Å²) < 4.78 is 5.64. The van der Waals surface area contributed by atoms with Crippen molar-refractivity contribution in [1.29, 1.82) is 0 Å². The third-order valence-corrected chi connectivity index (χ3v) is 4.59. The van der Waals surface area contributed by atoms with E-state index in [0.29, 0.717) is 17.7 Å². The van der Waals surface area contributed by atoms with Crippen LogP contribution in [0.1, 0.15) is 73.1 Å². The summed E-state index contributed by atoms with van der Waals surface area (Å²) in [5, 5.41) is 9.72. The topological polar surface area (TPSA) is 62.1 Å². The minimum Gasteiger partial charge on any atom is -0.446 e. The first kappa shape index (κ1) is 20.7. The van der Waals surface area contributed by atoms with Gasteiger partial charge in [0.25, 0.3) is 0 Å². The lowest BCUT2D eigenvalue weighted by Crippen LogP contribution is -2.30. The number of rotatable bonds is 9. The molecule has 5 heteroatoms. The number of hydrogen-bond acceptors (Lipinski definition) is 4. The summed E-state index contributed by atoms with van der Waals surface area (Å²) >= 11 is 0. The molecule has 0 aromatic heterocycles. The van der Waals surface area contributed by atoms with Gasteiger partial charge in [-0.25, -0.2) is 9.79 Å². The number of allylic oxidation sites excluding steroid dienone is 1. The average Bonchev–Trinajstić information content (AvgIpc) is 3.24. The maximum atomic E-state index is 12.4. The van der Waals surface area contributed by atoms with E-state index in [0.717, 1.165) is 19.3 Å². The molecule has 0 bridgehead atoms. The molecule has 0 spiro atoms. The van der Waals surface area contributed by atoms with Crippen LogP contribution in [-0.4, -0.2) is 41.1 Å². The van der Waals surface area contributed by atoms with Crippen LogP contribution >= 0.6 is 0 Å². The van der Waals surface area contributed by atoms with E-state index in [-0.39, 0.29) is 12.2 Å². The maximum absolute atomic E-state index is 12.4. The number of carbonyl (C=O) groups is 1. The van der Waals surface area contributed by atoms with Crippen molar-refractivity contribution in [2.24, 2.45) is 10.4 Å². The van der Waals surface area contributed by atoms with E-state index in [1.165, 1.54) is 17.7 Å². The smallest absolute Gasteiger partial charge is 0.415 e. The van der Waals surface area contributed by atoms with Gasteiger partial charge in [-0.05, 0) is 64.4 Å². The SMILES string of the molecule is C/C=C(\N=C/CC(C)(C)O)N(C)C(=O)OC(CC)CCC1(C)CC1. The quantitative estimate of drug-likeness (QED) is 0.629. The Labute approximate surface area is 146 Å². The fourth-order valence-corrected chi connectivity index (χ4v) is 2.35. The molecule has 0 aromatic carbocycles. The van der Waals surface area contributed by atoms with Crippen molar-refractivity contribution in [2.75, 3.05) is 7.05 Å². The molecule has 1 fully saturated rings. The second kappa shape index (κ2) is 8.65. The van der Waals surface area contributed by atoms with E-state index in [1.807, 2.05) is 13.8 Å². The first-order valence-corrected chi connectivity index (χ1v) is 8.96. The van der Waals surface area contributed by atoms with E-state index in [4.69, 9.17) is 4.74 Å². The van der Waals surface area contributed by atoms with Crippen molar-refractivity contribution in [3.8, 4) is 0 Å². The molecule has 1 unspecified atom stereocenters. The number of nitrogens with zero attached hydrogens (tertiary/aromatic N) is 2. The molecule has 1 aliphatic rings. The Hall–Kier alpha value is -1.36. The lowest BCUT2D eigenvalue weighted by molar-refractivity contribution is 0.0659.